The molecule has 0 unspecified atom stereocenters. The Labute approximate surface area is 198 Å². The van der Waals surface area contributed by atoms with Crippen molar-refractivity contribution in [1.82, 2.24) is 5.43 Å². The van der Waals surface area contributed by atoms with Gasteiger partial charge in [0, 0.05) is 0 Å². The fourth-order valence-corrected chi connectivity index (χ4v) is 2.93. The Bertz CT molecular complexity index is 1160. The third kappa shape index (κ3) is 6.83. The number of hydrogen-bond donors (Lipinski definition) is 1. The molecule has 1 amide bonds. The molecule has 0 spiro atoms. The summed E-state index contributed by atoms with van der Waals surface area (Å²) in [6, 6.07) is 19.0. The lowest BCUT2D eigenvalue weighted by Crippen LogP contribution is -2.24. The number of amides is 1. The van der Waals surface area contributed by atoms with Crippen molar-refractivity contribution in [1.29, 1.82) is 0 Å². The normalized spacial score (nSPS) is 10.6. The number of benzene rings is 3. The molecule has 0 saturated carbocycles. The van der Waals surface area contributed by atoms with Crippen LogP contribution in [0.15, 0.2) is 71.8 Å². The van der Waals surface area contributed by atoms with E-state index in [4.69, 9.17) is 18.9 Å². The Balaban J connectivity index is 1.56. The molecule has 0 bridgehead atoms. The minimum absolute atomic E-state index is 0.161. The van der Waals surface area contributed by atoms with Crippen LogP contribution in [0.5, 0.6) is 23.0 Å². The van der Waals surface area contributed by atoms with Gasteiger partial charge >= 0.3 is 5.97 Å². The van der Waals surface area contributed by atoms with Crippen molar-refractivity contribution in [3.63, 3.8) is 0 Å². The first-order valence-corrected chi connectivity index (χ1v) is 10.6. The largest absolute Gasteiger partial charge is 0.494 e. The number of hydrogen-bond acceptors (Lipinski definition) is 7. The molecule has 3 aromatic rings. The zero-order chi connectivity index (χ0) is 24.3. The zero-order valence-corrected chi connectivity index (χ0v) is 19.2. The fourth-order valence-electron chi connectivity index (χ4n) is 2.93. The molecule has 176 valence electrons. The molecule has 0 radical (unpaired) electrons. The highest BCUT2D eigenvalue weighted by atomic mass is 16.6. The monoisotopic (exact) mass is 462 g/mol. The van der Waals surface area contributed by atoms with E-state index in [2.05, 4.69) is 10.5 Å². The first kappa shape index (κ1) is 24.3. The summed E-state index contributed by atoms with van der Waals surface area (Å²) in [5.74, 6) is 0.999. The average Bonchev–Trinajstić information content (AvgIpc) is 2.85. The summed E-state index contributed by atoms with van der Waals surface area (Å²) in [5, 5.41) is 3.93. The third-order valence-corrected chi connectivity index (χ3v) is 4.65. The second-order valence-electron chi connectivity index (χ2n) is 7.10. The molecule has 0 aliphatic rings. The highest BCUT2D eigenvalue weighted by Crippen LogP contribution is 2.28. The lowest BCUT2D eigenvalue weighted by atomic mass is 10.2. The molecule has 0 heterocycles. The minimum atomic E-state index is -0.524. The third-order valence-electron chi connectivity index (χ3n) is 4.65. The van der Waals surface area contributed by atoms with E-state index < -0.39 is 11.9 Å². The molecule has 0 saturated heterocycles. The molecule has 0 aromatic heterocycles. The predicted molar refractivity (Wildman–Crippen MR) is 128 cm³/mol. The average molecular weight is 463 g/mol. The Kier molecular flexibility index (Phi) is 8.62. The van der Waals surface area contributed by atoms with E-state index in [-0.39, 0.29) is 12.4 Å². The van der Waals surface area contributed by atoms with Crippen LogP contribution < -0.4 is 24.4 Å². The van der Waals surface area contributed by atoms with Gasteiger partial charge in [0.15, 0.2) is 18.1 Å². The van der Waals surface area contributed by atoms with Crippen molar-refractivity contribution in [3.8, 4) is 23.0 Å². The molecule has 8 heteroatoms. The van der Waals surface area contributed by atoms with E-state index in [1.807, 2.05) is 32.0 Å². The van der Waals surface area contributed by atoms with Crippen LogP contribution in [0.25, 0.3) is 0 Å². The van der Waals surface area contributed by atoms with Crippen LogP contribution in [0.2, 0.25) is 0 Å². The van der Waals surface area contributed by atoms with Crippen LogP contribution >= 0.6 is 0 Å². The Morgan fingerprint density at radius 3 is 2.41 bits per heavy atom. The van der Waals surface area contributed by atoms with Crippen LogP contribution in [0, 0.1) is 6.92 Å². The highest BCUT2D eigenvalue weighted by Gasteiger charge is 2.13. The van der Waals surface area contributed by atoms with Gasteiger partial charge in [-0.3, -0.25) is 4.79 Å². The number of methoxy groups -OCH3 is 1. The number of ether oxygens (including phenoxy) is 4. The summed E-state index contributed by atoms with van der Waals surface area (Å²) in [7, 11) is 1.47. The van der Waals surface area contributed by atoms with Crippen LogP contribution in [0.3, 0.4) is 0 Å². The number of nitrogens with one attached hydrogen (secondary N) is 1. The van der Waals surface area contributed by atoms with Crippen molar-refractivity contribution < 1.29 is 28.5 Å². The molecule has 1 N–H and O–H groups in total. The van der Waals surface area contributed by atoms with Gasteiger partial charge in [0.2, 0.25) is 0 Å². The fraction of sp³-hybridized carbons (Fsp3) is 0.192. The molecule has 0 aliphatic carbocycles. The molecule has 8 nitrogen and oxygen atoms in total. The Hall–Kier alpha value is -4.33. The van der Waals surface area contributed by atoms with Gasteiger partial charge in [-0.2, -0.15) is 5.10 Å². The van der Waals surface area contributed by atoms with Crippen LogP contribution in [0.4, 0.5) is 0 Å². The first-order valence-electron chi connectivity index (χ1n) is 10.6. The van der Waals surface area contributed by atoms with Crippen molar-refractivity contribution in [2.75, 3.05) is 20.3 Å². The van der Waals surface area contributed by atoms with Gasteiger partial charge in [0.25, 0.3) is 5.91 Å². The van der Waals surface area contributed by atoms with E-state index in [0.717, 1.165) is 5.56 Å². The summed E-state index contributed by atoms with van der Waals surface area (Å²) in [5.41, 5.74) is 4.37. The SMILES string of the molecule is CCOc1ccc(C(=O)Oc2ccc(/C=N\NC(=O)COc3ccccc3C)cc2OC)cc1. The number of carbonyl (C=O) groups excluding carboxylic acids is 2. The summed E-state index contributed by atoms with van der Waals surface area (Å²) in [6.07, 6.45) is 1.45. The van der Waals surface area contributed by atoms with Gasteiger partial charge < -0.3 is 18.9 Å². The standard InChI is InChI=1S/C26H26N2O6/c1-4-32-21-12-10-20(11-13-21)26(30)34-23-14-9-19(15-24(23)31-3)16-27-28-25(29)17-33-22-8-6-5-7-18(22)2/h5-16H,4,17H2,1-3H3,(H,28,29)/b27-16-. The van der Waals surface area contributed by atoms with Gasteiger partial charge in [-0.05, 0) is 73.5 Å². The number of hydrazone groups is 1. The number of esters is 1. The van der Waals surface area contributed by atoms with Gasteiger partial charge in [0.05, 0.1) is 25.5 Å². The van der Waals surface area contributed by atoms with E-state index in [0.29, 0.717) is 35.0 Å². The van der Waals surface area contributed by atoms with Gasteiger partial charge in [0.1, 0.15) is 11.5 Å². The summed E-state index contributed by atoms with van der Waals surface area (Å²) >= 11 is 0. The van der Waals surface area contributed by atoms with Gasteiger partial charge in [-0.15, -0.1) is 0 Å². The van der Waals surface area contributed by atoms with Crippen molar-refractivity contribution in [2.24, 2.45) is 5.10 Å². The maximum atomic E-state index is 12.5. The van der Waals surface area contributed by atoms with Crippen LogP contribution in [-0.2, 0) is 4.79 Å². The van der Waals surface area contributed by atoms with Gasteiger partial charge in [-0.1, -0.05) is 18.2 Å². The van der Waals surface area contributed by atoms with Crippen LogP contribution in [0.1, 0.15) is 28.4 Å². The van der Waals surface area contributed by atoms with E-state index in [1.165, 1.54) is 13.3 Å². The van der Waals surface area contributed by atoms with E-state index >= 15 is 0 Å². The molecule has 34 heavy (non-hydrogen) atoms. The quantitative estimate of drug-likeness (QED) is 0.211. The highest BCUT2D eigenvalue weighted by molar-refractivity contribution is 5.92. The van der Waals surface area contributed by atoms with E-state index in [1.54, 1.807) is 48.5 Å². The second kappa shape index (κ2) is 12.1. The number of carbonyl (C=O) groups is 2. The first-order chi connectivity index (χ1) is 16.5. The summed E-state index contributed by atoms with van der Waals surface area (Å²) < 4.78 is 21.7. The molecule has 3 rings (SSSR count). The zero-order valence-electron chi connectivity index (χ0n) is 19.2. The lowest BCUT2D eigenvalue weighted by Gasteiger charge is -2.10. The maximum absolute atomic E-state index is 12.5. The number of para-hydroxylation sites is 1. The molecule has 0 fully saturated rings. The second-order valence-corrected chi connectivity index (χ2v) is 7.10. The molecular weight excluding hydrogens is 436 g/mol. The van der Waals surface area contributed by atoms with E-state index in [9.17, 15) is 9.59 Å². The van der Waals surface area contributed by atoms with Crippen molar-refractivity contribution in [2.45, 2.75) is 13.8 Å². The Morgan fingerprint density at radius 1 is 0.941 bits per heavy atom. The van der Waals surface area contributed by atoms with Crippen molar-refractivity contribution >= 4 is 18.1 Å². The summed E-state index contributed by atoms with van der Waals surface area (Å²) in [6.45, 7) is 4.17. The molecule has 0 aliphatic heterocycles. The van der Waals surface area contributed by atoms with Crippen LogP contribution in [-0.4, -0.2) is 38.4 Å². The predicted octanol–water partition coefficient (Wildman–Crippen LogP) is 4.15. The topological polar surface area (TPSA) is 95.5 Å². The molecular formula is C26H26N2O6. The number of aryl methyl sites for hydroxylation is 1. The maximum Gasteiger partial charge on any atom is 0.343 e. The van der Waals surface area contributed by atoms with Crippen molar-refractivity contribution in [3.05, 3.63) is 83.4 Å². The van der Waals surface area contributed by atoms with Gasteiger partial charge in [-0.25, -0.2) is 10.2 Å². The smallest absolute Gasteiger partial charge is 0.343 e. The number of rotatable bonds is 10. The summed E-state index contributed by atoms with van der Waals surface area (Å²) in [4.78, 5) is 24.4. The Morgan fingerprint density at radius 2 is 1.71 bits per heavy atom. The molecule has 3 aromatic carbocycles. The molecule has 0 atom stereocenters. The number of nitrogens with zero attached hydrogens (tertiary/aromatic N) is 1. The minimum Gasteiger partial charge on any atom is -0.494 e. The lowest BCUT2D eigenvalue weighted by molar-refractivity contribution is -0.123.